The maximum absolute atomic E-state index is 12.0. The first-order valence-electron chi connectivity index (χ1n) is 13.0. The molecule has 7 heteroatoms. The highest BCUT2D eigenvalue weighted by Crippen LogP contribution is 2.68. The number of aliphatic hydroxyl groups is 3. The number of carboxylic acids is 1. The molecule has 0 heterocycles. The van der Waals surface area contributed by atoms with Gasteiger partial charge in [0.05, 0.1) is 18.3 Å². The van der Waals surface area contributed by atoms with E-state index in [0.717, 1.165) is 44.9 Å². The van der Waals surface area contributed by atoms with Crippen molar-refractivity contribution < 1.29 is 30.0 Å². The Morgan fingerprint density at radius 2 is 1.61 bits per heavy atom. The van der Waals surface area contributed by atoms with E-state index >= 15 is 0 Å². The number of hydrogen-bond acceptors (Lipinski definition) is 5. The van der Waals surface area contributed by atoms with Gasteiger partial charge >= 0.3 is 5.97 Å². The molecule has 0 aromatic rings. The zero-order valence-corrected chi connectivity index (χ0v) is 20.4. The van der Waals surface area contributed by atoms with Gasteiger partial charge in [-0.25, -0.2) is 0 Å². The Bertz CT molecular complexity index is 759. The predicted octanol–water partition coefficient (Wildman–Crippen LogP) is 2.56. The first-order chi connectivity index (χ1) is 15.5. The number of fused-ring (bicyclic) bond motifs is 5. The van der Waals surface area contributed by atoms with E-state index in [1.165, 1.54) is 0 Å². The first kappa shape index (κ1) is 24.9. The monoisotopic (exact) mass is 465 g/mol. The van der Waals surface area contributed by atoms with Gasteiger partial charge in [-0.2, -0.15) is 0 Å². The summed E-state index contributed by atoms with van der Waals surface area (Å²) in [5.41, 5.74) is 0.0476. The highest BCUT2D eigenvalue weighted by atomic mass is 16.4. The lowest BCUT2D eigenvalue weighted by Gasteiger charge is -2.63. The molecule has 4 fully saturated rings. The number of carboxylic acid groups (broad SMARTS) is 1. The van der Waals surface area contributed by atoms with Gasteiger partial charge in [0.25, 0.3) is 0 Å². The van der Waals surface area contributed by atoms with Gasteiger partial charge in [0, 0.05) is 6.42 Å². The summed E-state index contributed by atoms with van der Waals surface area (Å²) in [4.78, 5) is 22.7. The molecule has 4 saturated carbocycles. The molecular formula is C26H43NO6. The zero-order chi connectivity index (χ0) is 24.1. The number of aliphatic carboxylic acids is 1. The van der Waals surface area contributed by atoms with Crippen LogP contribution in [0, 0.1) is 46.3 Å². The molecule has 4 aliphatic rings. The summed E-state index contributed by atoms with van der Waals surface area (Å²) in [5.74, 6) is 0.340. The van der Waals surface area contributed by atoms with Crippen molar-refractivity contribution in [3.8, 4) is 0 Å². The quantitative estimate of drug-likeness (QED) is 0.410. The average molecular weight is 466 g/mol. The minimum atomic E-state index is -1.03. The highest BCUT2D eigenvalue weighted by Gasteiger charge is 2.65. The molecule has 1 amide bonds. The van der Waals surface area contributed by atoms with Crippen LogP contribution in [0.5, 0.6) is 0 Å². The number of carbonyl (C=O) groups excluding carboxylic acids is 1. The Balaban J connectivity index is 1.47. The van der Waals surface area contributed by atoms with Crippen LogP contribution in [0.2, 0.25) is 0 Å². The van der Waals surface area contributed by atoms with E-state index in [1.807, 2.05) is 0 Å². The van der Waals surface area contributed by atoms with Gasteiger partial charge < -0.3 is 25.7 Å². The van der Waals surface area contributed by atoms with Crippen molar-refractivity contribution in [2.75, 3.05) is 6.54 Å². The lowest BCUT2D eigenvalue weighted by molar-refractivity contribution is -0.223. The molecule has 4 rings (SSSR count). The van der Waals surface area contributed by atoms with Gasteiger partial charge in [0.1, 0.15) is 6.54 Å². The molecule has 0 radical (unpaired) electrons. The maximum atomic E-state index is 12.0. The van der Waals surface area contributed by atoms with Crippen LogP contribution in [0.15, 0.2) is 0 Å². The summed E-state index contributed by atoms with van der Waals surface area (Å²) in [6.45, 7) is 6.53. The Labute approximate surface area is 197 Å². The fourth-order valence-corrected chi connectivity index (χ4v) is 9.04. The molecular weight excluding hydrogens is 422 g/mol. The van der Waals surface area contributed by atoms with Gasteiger partial charge in [0.2, 0.25) is 5.91 Å². The summed E-state index contributed by atoms with van der Waals surface area (Å²) in [7, 11) is 0. The lowest BCUT2D eigenvalue weighted by atomic mass is 9.43. The summed E-state index contributed by atoms with van der Waals surface area (Å²) in [6.07, 6.45) is 5.74. The van der Waals surface area contributed by atoms with Crippen LogP contribution in [0.4, 0.5) is 0 Å². The molecule has 33 heavy (non-hydrogen) atoms. The number of amides is 1. The third kappa shape index (κ3) is 4.23. The molecule has 188 valence electrons. The molecule has 0 aliphatic heterocycles. The summed E-state index contributed by atoms with van der Waals surface area (Å²) < 4.78 is 0. The second-order valence-electron chi connectivity index (χ2n) is 12.2. The van der Waals surface area contributed by atoms with Gasteiger partial charge in [-0.05, 0) is 97.7 Å². The summed E-state index contributed by atoms with van der Waals surface area (Å²) in [6, 6.07) is 0. The standard InChI is InChI=1S/C26H43NO6/c1-14(4-7-20(29)27-13-21(30)31)16-5-6-17-22-18(9-11-25(16,17)2)26(3)10-8-15(28)12-19(26)23(32)24(22)33/h14-19,22-24,28,32-33H,4-13H2,1-3H3,(H,27,29)(H,30,31)/t14?,15-,16?,17?,18?,19?,22?,23+,24-,25-,26-/m1/s1. The van der Waals surface area contributed by atoms with Crippen molar-refractivity contribution in [3.05, 3.63) is 0 Å². The van der Waals surface area contributed by atoms with Gasteiger partial charge in [-0.1, -0.05) is 20.8 Å². The zero-order valence-electron chi connectivity index (χ0n) is 20.4. The number of aliphatic hydroxyl groups excluding tert-OH is 3. The summed E-state index contributed by atoms with van der Waals surface area (Å²) in [5, 5.41) is 44.0. The Morgan fingerprint density at radius 1 is 0.939 bits per heavy atom. The van der Waals surface area contributed by atoms with Crippen molar-refractivity contribution in [1.29, 1.82) is 0 Å². The van der Waals surface area contributed by atoms with Gasteiger partial charge in [-0.15, -0.1) is 0 Å². The number of hydrogen-bond donors (Lipinski definition) is 5. The Kier molecular flexibility index (Phi) is 6.89. The predicted molar refractivity (Wildman–Crippen MR) is 123 cm³/mol. The van der Waals surface area contributed by atoms with Crippen molar-refractivity contribution in [3.63, 3.8) is 0 Å². The first-order valence-corrected chi connectivity index (χ1v) is 13.0. The molecule has 6 unspecified atom stereocenters. The van der Waals surface area contributed by atoms with Crippen molar-refractivity contribution in [1.82, 2.24) is 5.32 Å². The van der Waals surface area contributed by atoms with Crippen LogP contribution in [0.3, 0.4) is 0 Å². The molecule has 0 bridgehead atoms. The van der Waals surface area contributed by atoms with E-state index in [9.17, 15) is 24.9 Å². The minimum Gasteiger partial charge on any atom is -0.480 e. The van der Waals surface area contributed by atoms with Crippen LogP contribution in [0.25, 0.3) is 0 Å². The second-order valence-corrected chi connectivity index (χ2v) is 12.2. The van der Waals surface area contributed by atoms with E-state index in [4.69, 9.17) is 5.11 Å². The molecule has 0 spiro atoms. The largest absolute Gasteiger partial charge is 0.480 e. The summed E-state index contributed by atoms with van der Waals surface area (Å²) >= 11 is 0. The van der Waals surface area contributed by atoms with Crippen LogP contribution in [0.1, 0.15) is 78.6 Å². The Hall–Kier alpha value is -1.18. The van der Waals surface area contributed by atoms with Crippen molar-refractivity contribution in [2.45, 2.75) is 96.9 Å². The van der Waals surface area contributed by atoms with Crippen LogP contribution < -0.4 is 5.32 Å². The Morgan fingerprint density at radius 3 is 2.30 bits per heavy atom. The van der Waals surface area contributed by atoms with E-state index in [1.54, 1.807) is 0 Å². The van der Waals surface area contributed by atoms with Gasteiger partial charge in [-0.3, -0.25) is 9.59 Å². The molecule has 0 aromatic heterocycles. The van der Waals surface area contributed by atoms with Crippen LogP contribution >= 0.6 is 0 Å². The molecule has 11 atom stereocenters. The third-order valence-corrected chi connectivity index (χ3v) is 10.7. The molecule has 0 aromatic carbocycles. The van der Waals surface area contributed by atoms with Crippen molar-refractivity contribution in [2.24, 2.45) is 46.3 Å². The minimum absolute atomic E-state index is 0.0319. The van der Waals surface area contributed by atoms with Crippen LogP contribution in [-0.2, 0) is 9.59 Å². The molecule has 0 saturated heterocycles. The smallest absolute Gasteiger partial charge is 0.322 e. The molecule has 4 aliphatic carbocycles. The van der Waals surface area contributed by atoms with E-state index < -0.39 is 18.2 Å². The third-order valence-electron chi connectivity index (χ3n) is 10.7. The second kappa shape index (κ2) is 9.12. The van der Waals surface area contributed by atoms with Crippen LogP contribution in [-0.4, -0.2) is 57.2 Å². The fourth-order valence-electron chi connectivity index (χ4n) is 9.04. The lowest BCUT2D eigenvalue weighted by Crippen LogP contribution is -2.64. The normalized spacial score (nSPS) is 47.7. The highest BCUT2D eigenvalue weighted by molar-refractivity contribution is 5.81. The maximum Gasteiger partial charge on any atom is 0.322 e. The van der Waals surface area contributed by atoms with Gasteiger partial charge in [0.15, 0.2) is 0 Å². The molecule has 5 N–H and O–H groups in total. The van der Waals surface area contributed by atoms with E-state index in [-0.39, 0.29) is 41.2 Å². The molecule has 7 nitrogen and oxygen atoms in total. The van der Waals surface area contributed by atoms with Crippen molar-refractivity contribution >= 4 is 11.9 Å². The number of nitrogens with one attached hydrogen (secondary N) is 1. The van der Waals surface area contributed by atoms with E-state index in [2.05, 4.69) is 26.1 Å². The average Bonchev–Trinajstić information content (AvgIpc) is 3.12. The number of carbonyl (C=O) groups is 2. The van der Waals surface area contributed by atoms with E-state index in [0.29, 0.717) is 36.5 Å². The topological polar surface area (TPSA) is 127 Å². The fraction of sp³-hybridized carbons (Fsp3) is 0.923. The SMILES string of the molecule is CC(CCC(=O)NCC(=O)O)C1CCC2C3C(CC[C@]12C)[C@@]1(C)CC[C@@H](O)CC1[C@H](O)[C@@H]3O. The number of rotatable bonds is 6.